The van der Waals surface area contributed by atoms with Crippen molar-refractivity contribution in [3.63, 3.8) is 0 Å². The van der Waals surface area contributed by atoms with E-state index < -0.39 is 23.8 Å². The molecule has 1 saturated heterocycles. The van der Waals surface area contributed by atoms with Gasteiger partial charge in [0.1, 0.15) is 17.6 Å². The van der Waals surface area contributed by atoms with E-state index in [1.807, 2.05) is 29.2 Å². The molecule has 2 atom stereocenters. The predicted molar refractivity (Wildman–Crippen MR) is 114 cm³/mol. The number of guanidine groups is 1. The fourth-order valence-corrected chi connectivity index (χ4v) is 3.86. The molecule has 3 heterocycles. The number of esters is 1. The van der Waals surface area contributed by atoms with Gasteiger partial charge >= 0.3 is 5.97 Å². The van der Waals surface area contributed by atoms with Crippen LogP contribution in [0.3, 0.4) is 0 Å². The summed E-state index contributed by atoms with van der Waals surface area (Å²) < 4.78 is 15.8. The summed E-state index contributed by atoms with van der Waals surface area (Å²) in [5, 5.41) is 2.80. The number of benzene rings is 1. The Balaban J connectivity index is 1.49. The molecular formula is C22H26N4O5. The highest BCUT2D eigenvalue weighted by Crippen LogP contribution is 2.31. The number of rotatable bonds is 5. The largest absolute Gasteiger partial charge is 0.497 e. The number of carbonyl (C=O) groups excluding carboxylic acids is 2. The highest BCUT2D eigenvalue weighted by molar-refractivity contribution is 6.08. The molecule has 4 rings (SSSR count). The highest BCUT2D eigenvalue weighted by Gasteiger charge is 2.43. The molecule has 2 aliphatic heterocycles. The number of anilines is 1. The lowest BCUT2D eigenvalue weighted by Crippen LogP contribution is -2.57. The summed E-state index contributed by atoms with van der Waals surface area (Å²) in [7, 11) is 1.65. The molecule has 0 aliphatic carbocycles. The number of carbonyl (C=O) groups is 2. The molecule has 1 aromatic carbocycles. The van der Waals surface area contributed by atoms with Crippen LogP contribution < -0.4 is 15.0 Å². The molecule has 1 fully saturated rings. The first-order valence-electron chi connectivity index (χ1n) is 10.3. The molecule has 2 aliphatic rings. The first-order valence-corrected chi connectivity index (χ1v) is 10.3. The van der Waals surface area contributed by atoms with Crippen molar-refractivity contribution in [2.45, 2.75) is 13.0 Å². The van der Waals surface area contributed by atoms with Gasteiger partial charge in [0.25, 0.3) is 0 Å². The van der Waals surface area contributed by atoms with Gasteiger partial charge in [-0.1, -0.05) is 0 Å². The van der Waals surface area contributed by atoms with Crippen molar-refractivity contribution in [3.8, 4) is 5.75 Å². The van der Waals surface area contributed by atoms with Gasteiger partial charge in [-0.2, -0.15) is 0 Å². The zero-order valence-electron chi connectivity index (χ0n) is 17.6. The molecule has 0 radical (unpaired) electrons. The summed E-state index contributed by atoms with van der Waals surface area (Å²) in [6.07, 6.45) is 1.51. The van der Waals surface area contributed by atoms with E-state index in [-0.39, 0.29) is 6.61 Å². The van der Waals surface area contributed by atoms with E-state index >= 15 is 0 Å². The minimum absolute atomic E-state index is 0.192. The van der Waals surface area contributed by atoms with Gasteiger partial charge in [0, 0.05) is 31.9 Å². The lowest BCUT2D eigenvalue weighted by atomic mass is 9.95. The maximum Gasteiger partial charge on any atom is 0.321 e. The molecule has 0 bridgehead atoms. The van der Waals surface area contributed by atoms with Crippen LogP contribution in [0.2, 0.25) is 0 Å². The maximum atomic E-state index is 12.8. The summed E-state index contributed by atoms with van der Waals surface area (Å²) in [5.41, 5.74) is 1.12. The van der Waals surface area contributed by atoms with Gasteiger partial charge < -0.3 is 23.7 Å². The second-order valence-corrected chi connectivity index (χ2v) is 7.30. The fourth-order valence-electron chi connectivity index (χ4n) is 3.86. The third-order valence-corrected chi connectivity index (χ3v) is 5.49. The molecule has 164 valence electrons. The van der Waals surface area contributed by atoms with E-state index in [9.17, 15) is 9.59 Å². The molecule has 1 amide bonds. The van der Waals surface area contributed by atoms with Crippen molar-refractivity contribution in [1.82, 2.24) is 10.2 Å². The quantitative estimate of drug-likeness (QED) is 0.575. The first kappa shape index (κ1) is 20.8. The van der Waals surface area contributed by atoms with Crippen molar-refractivity contribution in [2.75, 3.05) is 44.8 Å². The molecule has 0 spiro atoms. The van der Waals surface area contributed by atoms with Gasteiger partial charge in [-0.3, -0.25) is 14.9 Å². The van der Waals surface area contributed by atoms with E-state index in [1.165, 1.54) is 6.26 Å². The minimum atomic E-state index is -1.07. The van der Waals surface area contributed by atoms with E-state index in [2.05, 4.69) is 15.2 Å². The molecule has 0 unspecified atom stereocenters. The summed E-state index contributed by atoms with van der Waals surface area (Å²) >= 11 is 0. The SMILES string of the molecule is CCOC(=O)[C@@H]1C(=O)NC(N2CCN(c3ccc(OC)cc3)CC2)=N[C@@H]1c1ccco1. The summed E-state index contributed by atoms with van der Waals surface area (Å²) in [5.74, 6) is -0.364. The van der Waals surface area contributed by atoms with Crippen molar-refractivity contribution < 1.29 is 23.5 Å². The van der Waals surface area contributed by atoms with E-state index in [1.54, 1.807) is 26.2 Å². The molecule has 1 N–H and O–H groups in total. The number of hydrogen-bond acceptors (Lipinski definition) is 8. The number of ether oxygens (including phenoxy) is 2. The number of furan rings is 1. The van der Waals surface area contributed by atoms with Gasteiger partial charge in [0.05, 0.1) is 20.0 Å². The molecular weight excluding hydrogens is 400 g/mol. The zero-order chi connectivity index (χ0) is 21.8. The summed E-state index contributed by atoms with van der Waals surface area (Å²) in [4.78, 5) is 34.2. The number of amides is 1. The Morgan fingerprint density at radius 1 is 1.16 bits per heavy atom. The Kier molecular flexibility index (Phi) is 6.11. The number of nitrogens with one attached hydrogen (secondary N) is 1. The lowest BCUT2D eigenvalue weighted by molar-refractivity contribution is -0.153. The van der Waals surface area contributed by atoms with Crippen LogP contribution in [-0.4, -0.2) is 62.6 Å². The average Bonchev–Trinajstić information content (AvgIpc) is 3.34. The average molecular weight is 426 g/mol. The number of methoxy groups -OCH3 is 1. The van der Waals surface area contributed by atoms with Gasteiger partial charge in [0.15, 0.2) is 5.92 Å². The molecule has 9 heteroatoms. The van der Waals surface area contributed by atoms with Crippen LogP contribution in [0.15, 0.2) is 52.1 Å². The van der Waals surface area contributed by atoms with Crippen molar-refractivity contribution in [2.24, 2.45) is 10.9 Å². The van der Waals surface area contributed by atoms with Crippen LogP contribution in [0.4, 0.5) is 5.69 Å². The van der Waals surface area contributed by atoms with Crippen LogP contribution in [0.5, 0.6) is 5.75 Å². The Labute approximate surface area is 180 Å². The second-order valence-electron chi connectivity index (χ2n) is 7.30. The number of aliphatic imine (C=N–C) groups is 1. The number of hydrogen-bond donors (Lipinski definition) is 1. The number of piperazine rings is 1. The monoisotopic (exact) mass is 426 g/mol. The van der Waals surface area contributed by atoms with E-state index in [0.29, 0.717) is 24.8 Å². The minimum Gasteiger partial charge on any atom is -0.497 e. The van der Waals surface area contributed by atoms with Gasteiger partial charge in [0.2, 0.25) is 11.9 Å². The Morgan fingerprint density at radius 3 is 2.48 bits per heavy atom. The Morgan fingerprint density at radius 2 is 1.87 bits per heavy atom. The Bertz CT molecular complexity index is 933. The fraction of sp³-hybridized carbons (Fsp3) is 0.409. The highest BCUT2D eigenvalue weighted by atomic mass is 16.5. The van der Waals surface area contributed by atoms with E-state index in [0.717, 1.165) is 24.5 Å². The number of nitrogens with zero attached hydrogens (tertiary/aromatic N) is 3. The van der Waals surface area contributed by atoms with Crippen molar-refractivity contribution in [1.29, 1.82) is 0 Å². The molecule has 0 saturated carbocycles. The zero-order valence-corrected chi connectivity index (χ0v) is 17.6. The molecule has 31 heavy (non-hydrogen) atoms. The van der Waals surface area contributed by atoms with Gasteiger partial charge in [-0.05, 0) is 43.3 Å². The van der Waals surface area contributed by atoms with Crippen molar-refractivity contribution in [3.05, 3.63) is 48.4 Å². The third-order valence-electron chi connectivity index (χ3n) is 5.49. The maximum absolute atomic E-state index is 12.8. The summed E-state index contributed by atoms with van der Waals surface area (Å²) in [6.45, 7) is 4.80. The second kappa shape index (κ2) is 9.11. The third kappa shape index (κ3) is 4.35. The van der Waals surface area contributed by atoms with Gasteiger partial charge in [-0.15, -0.1) is 0 Å². The first-order chi connectivity index (χ1) is 15.1. The van der Waals surface area contributed by atoms with Crippen molar-refractivity contribution >= 4 is 23.5 Å². The topological polar surface area (TPSA) is 96.6 Å². The predicted octanol–water partition coefficient (Wildman–Crippen LogP) is 1.82. The van der Waals surface area contributed by atoms with Crippen LogP contribution >= 0.6 is 0 Å². The molecule has 2 aromatic rings. The van der Waals surface area contributed by atoms with Crippen LogP contribution in [0.1, 0.15) is 18.7 Å². The molecule has 9 nitrogen and oxygen atoms in total. The van der Waals surface area contributed by atoms with Gasteiger partial charge in [-0.25, -0.2) is 4.99 Å². The van der Waals surface area contributed by atoms with Crippen LogP contribution in [0.25, 0.3) is 0 Å². The molecule has 1 aromatic heterocycles. The summed E-state index contributed by atoms with van der Waals surface area (Å²) in [6, 6.07) is 10.6. The van der Waals surface area contributed by atoms with E-state index in [4.69, 9.17) is 13.9 Å². The smallest absolute Gasteiger partial charge is 0.321 e. The Hall–Kier alpha value is -3.49. The normalized spacial score (nSPS) is 21.4. The lowest BCUT2D eigenvalue weighted by Gasteiger charge is -2.39. The van der Waals surface area contributed by atoms with Crippen LogP contribution in [-0.2, 0) is 14.3 Å². The standard InChI is InChI=1S/C22H26N4O5/c1-3-30-21(28)18-19(17-5-4-14-31-17)23-22(24-20(18)27)26-12-10-25(11-13-26)15-6-8-16(29-2)9-7-15/h4-9,14,18-19H,3,10-13H2,1-2H3,(H,23,24,27)/t18-,19+/m0/s1. The van der Waals surface area contributed by atoms with Crippen LogP contribution in [0, 0.1) is 5.92 Å².